The van der Waals surface area contributed by atoms with Gasteiger partial charge < -0.3 is 0 Å². The van der Waals surface area contributed by atoms with Crippen LogP contribution in [0.1, 0.15) is 18.2 Å². The van der Waals surface area contributed by atoms with Crippen LogP contribution < -0.4 is 5.01 Å². The minimum atomic E-state index is 0.649. The predicted octanol–water partition coefficient (Wildman–Crippen LogP) is 7.66. The molecule has 0 aliphatic carbocycles. The highest BCUT2D eigenvalue weighted by Crippen LogP contribution is 2.38. The van der Waals surface area contributed by atoms with Gasteiger partial charge in [0.05, 0.1) is 21.3 Å². The first-order valence-electron chi connectivity index (χ1n) is 8.64. The van der Waals surface area contributed by atoms with Crippen molar-refractivity contribution in [3.63, 3.8) is 0 Å². The fourth-order valence-corrected chi connectivity index (χ4v) is 4.50. The summed E-state index contributed by atoms with van der Waals surface area (Å²) >= 11 is 9.91. The molecule has 0 atom stereocenters. The van der Waals surface area contributed by atoms with Crippen molar-refractivity contribution in [3.8, 4) is 10.4 Å². The van der Waals surface area contributed by atoms with E-state index in [0.717, 1.165) is 22.7 Å². The molecule has 0 saturated carbocycles. The number of para-hydroxylation sites is 1. The van der Waals surface area contributed by atoms with Gasteiger partial charge in [0.25, 0.3) is 0 Å². The number of hydrogen-bond acceptors (Lipinski definition) is 4. The summed E-state index contributed by atoms with van der Waals surface area (Å²) in [5, 5.41) is 6.73. The van der Waals surface area contributed by atoms with Gasteiger partial charge in [-0.15, -0.1) is 23.1 Å². The number of halogens is 1. The highest BCUT2D eigenvalue weighted by atomic mass is 35.5. The van der Waals surface area contributed by atoms with E-state index in [0.29, 0.717) is 5.02 Å². The highest BCUT2D eigenvalue weighted by Gasteiger charge is 2.17. The molecule has 0 fully saturated rings. The normalized spacial score (nSPS) is 11.4. The van der Waals surface area contributed by atoms with Crippen LogP contribution in [0.4, 0.5) is 5.69 Å². The van der Waals surface area contributed by atoms with Gasteiger partial charge in [0.1, 0.15) is 0 Å². The van der Waals surface area contributed by atoms with Gasteiger partial charge in [-0.3, -0.25) is 0 Å². The lowest BCUT2D eigenvalue weighted by Gasteiger charge is -2.22. The first-order chi connectivity index (χ1) is 13.2. The van der Waals surface area contributed by atoms with Crippen LogP contribution in [0.15, 0.2) is 76.7 Å². The maximum Gasteiger partial charge on any atom is 0.0839 e. The molecule has 1 aromatic heterocycles. The Morgan fingerprint density at radius 2 is 2.00 bits per heavy atom. The van der Waals surface area contributed by atoms with E-state index in [2.05, 4.69) is 67.5 Å². The number of allylic oxidation sites excluding steroid dienone is 1. The smallest absolute Gasteiger partial charge is 0.0839 e. The number of thiophene rings is 1. The van der Waals surface area contributed by atoms with E-state index < -0.39 is 0 Å². The minimum absolute atomic E-state index is 0.649. The first-order valence-corrected chi connectivity index (χ1v) is 11.1. The number of nitrogens with zero attached hydrogens (tertiary/aromatic N) is 2. The van der Waals surface area contributed by atoms with Crippen molar-refractivity contribution in [2.75, 3.05) is 11.3 Å². The summed E-state index contributed by atoms with van der Waals surface area (Å²) in [5.41, 5.74) is 3.05. The van der Waals surface area contributed by atoms with Crippen LogP contribution >= 0.6 is 34.7 Å². The van der Waals surface area contributed by atoms with E-state index in [-0.39, 0.29) is 0 Å². The van der Waals surface area contributed by atoms with E-state index in [9.17, 15) is 0 Å². The first kappa shape index (κ1) is 19.7. The third kappa shape index (κ3) is 4.46. The molecule has 138 valence electrons. The zero-order valence-electron chi connectivity index (χ0n) is 15.4. The van der Waals surface area contributed by atoms with Crippen molar-refractivity contribution >= 4 is 52.8 Å². The molecule has 0 saturated heterocycles. The van der Waals surface area contributed by atoms with Crippen molar-refractivity contribution in [2.24, 2.45) is 5.10 Å². The van der Waals surface area contributed by atoms with Gasteiger partial charge in [0.2, 0.25) is 0 Å². The van der Waals surface area contributed by atoms with E-state index in [1.54, 1.807) is 23.1 Å². The molecule has 27 heavy (non-hydrogen) atoms. The van der Waals surface area contributed by atoms with Crippen molar-refractivity contribution in [1.29, 1.82) is 0 Å². The Morgan fingerprint density at radius 3 is 2.70 bits per heavy atom. The van der Waals surface area contributed by atoms with E-state index in [4.69, 9.17) is 11.6 Å². The van der Waals surface area contributed by atoms with Gasteiger partial charge in [0.15, 0.2) is 0 Å². The molecule has 0 aliphatic heterocycles. The van der Waals surface area contributed by atoms with E-state index >= 15 is 0 Å². The van der Waals surface area contributed by atoms with Gasteiger partial charge in [0, 0.05) is 16.5 Å². The second-order valence-electron chi connectivity index (χ2n) is 5.80. The highest BCUT2D eigenvalue weighted by molar-refractivity contribution is 7.98. The van der Waals surface area contributed by atoms with Gasteiger partial charge in [-0.25, -0.2) is 5.01 Å². The summed E-state index contributed by atoms with van der Waals surface area (Å²) in [6, 6.07) is 20.6. The van der Waals surface area contributed by atoms with Crippen molar-refractivity contribution in [1.82, 2.24) is 0 Å². The molecule has 1 heterocycles. The molecule has 0 spiro atoms. The zero-order chi connectivity index (χ0) is 19.2. The van der Waals surface area contributed by atoms with Crippen molar-refractivity contribution in [3.05, 3.63) is 76.6 Å². The third-order valence-corrected chi connectivity index (χ3v) is 6.26. The number of anilines is 1. The summed E-state index contributed by atoms with van der Waals surface area (Å²) in [5.74, 6) is 0. The monoisotopic (exact) mass is 412 g/mol. The Kier molecular flexibility index (Phi) is 6.78. The molecule has 0 amide bonds. The Morgan fingerprint density at radius 1 is 1.19 bits per heavy atom. The van der Waals surface area contributed by atoms with Gasteiger partial charge in [-0.05, 0) is 54.6 Å². The quantitative estimate of drug-likeness (QED) is 0.225. The minimum Gasteiger partial charge on any atom is -0.232 e. The Labute approximate surface area is 174 Å². The molecular formula is C22H21ClN2S2. The Balaban J connectivity index is 2.01. The summed E-state index contributed by atoms with van der Waals surface area (Å²) < 4.78 is 0. The number of thioether (sulfide) groups is 1. The fraction of sp³-hybridized carbons (Fsp3) is 0.136. The lowest BCUT2D eigenvalue weighted by molar-refractivity contribution is 1.09. The van der Waals surface area contributed by atoms with Crippen LogP contribution in [0, 0.1) is 0 Å². The molecule has 2 aromatic carbocycles. The van der Waals surface area contributed by atoms with Crippen LogP contribution in [-0.2, 0) is 0 Å². The summed E-state index contributed by atoms with van der Waals surface area (Å²) in [4.78, 5) is 3.62. The Hall–Kier alpha value is -2.01. The summed E-state index contributed by atoms with van der Waals surface area (Å²) in [7, 11) is 0. The molecule has 3 aromatic rings. The standard InChI is InChI=1S/C22H21ClN2S2/c1-4-8-20(25(24-2)19-12-6-5-11-18(19)23)22-14-13-21(27-22)16-9-7-10-17(15-16)26-3/h5-15H,2,4H2,1,3H3/b20-8-. The molecule has 0 aliphatic rings. The van der Waals surface area contributed by atoms with Gasteiger partial charge >= 0.3 is 0 Å². The second kappa shape index (κ2) is 9.27. The van der Waals surface area contributed by atoms with Crippen molar-refractivity contribution in [2.45, 2.75) is 18.2 Å². The predicted molar refractivity (Wildman–Crippen MR) is 123 cm³/mol. The molecule has 5 heteroatoms. The van der Waals surface area contributed by atoms with Crippen LogP contribution in [0.2, 0.25) is 5.02 Å². The van der Waals surface area contributed by atoms with E-state index in [1.165, 1.54) is 15.3 Å². The topological polar surface area (TPSA) is 15.6 Å². The van der Waals surface area contributed by atoms with Crippen LogP contribution in [0.3, 0.4) is 0 Å². The molecule has 2 nitrogen and oxygen atoms in total. The summed E-state index contributed by atoms with van der Waals surface area (Å²) in [6.45, 7) is 5.89. The molecule has 0 N–H and O–H groups in total. The summed E-state index contributed by atoms with van der Waals surface area (Å²) in [6.07, 6.45) is 5.14. The van der Waals surface area contributed by atoms with Gasteiger partial charge in [-0.2, -0.15) is 5.10 Å². The SMILES string of the molecule is C=NN(/C(=C\CC)c1ccc(-c2cccc(SC)c2)s1)c1ccccc1Cl. The number of rotatable bonds is 7. The average molecular weight is 413 g/mol. The van der Waals surface area contributed by atoms with Crippen LogP contribution in [0.5, 0.6) is 0 Å². The lowest BCUT2D eigenvalue weighted by Crippen LogP contribution is -2.13. The molecular weight excluding hydrogens is 392 g/mol. The third-order valence-electron chi connectivity index (χ3n) is 4.06. The maximum absolute atomic E-state index is 6.41. The number of benzene rings is 2. The van der Waals surface area contributed by atoms with E-state index in [1.807, 2.05) is 29.3 Å². The second-order valence-corrected chi connectivity index (χ2v) is 8.17. The average Bonchev–Trinajstić information content (AvgIpc) is 3.19. The molecule has 0 bridgehead atoms. The van der Waals surface area contributed by atoms with Crippen molar-refractivity contribution < 1.29 is 0 Å². The van der Waals surface area contributed by atoms with Crippen LogP contribution in [0.25, 0.3) is 16.1 Å². The fourth-order valence-electron chi connectivity index (χ4n) is 2.80. The zero-order valence-corrected chi connectivity index (χ0v) is 17.7. The number of hydrogen-bond donors (Lipinski definition) is 0. The number of hydrazone groups is 1. The van der Waals surface area contributed by atoms with Gasteiger partial charge in [-0.1, -0.05) is 48.9 Å². The molecule has 0 unspecified atom stereocenters. The lowest BCUT2D eigenvalue weighted by atomic mass is 10.2. The molecule has 0 radical (unpaired) electrons. The Bertz CT molecular complexity index is 962. The maximum atomic E-state index is 6.41. The largest absolute Gasteiger partial charge is 0.232 e. The molecule has 3 rings (SSSR count). The van der Waals surface area contributed by atoms with Crippen LogP contribution in [-0.4, -0.2) is 13.0 Å².